The van der Waals surface area contributed by atoms with Crippen LogP contribution in [-0.4, -0.2) is 19.0 Å². The van der Waals surface area contributed by atoms with E-state index in [-0.39, 0.29) is 11.8 Å². The first-order valence-electron chi connectivity index (χ1n) is 7.63. The Morgan fingerprint density at radius 3 is 1.95 bits per heavy atom. The number of nitrogens with one attached hydrogen (secondary N) is 2. The summed E-state index contributed by atoms with van der Waals surface area (Å²) >= 11 is 0. The van der Waals surface area contributed by atoms with E-state index in [1.807, 2.05) is 0 Å². The average molecular weight is 266 g/mol. The quantitative estimate of drug-likeness (QED) is 0.807. The van der Waals surface area contributed by atoms with Gasteiger partial charge >= 0.3 is 0 Å². The smallest absolute Gasteiger partial charge is 0.223 e. The van der Waals surface area contributed by atoms with E-state index in [1.54, 1.807) is 0 Å². The molecule has 2 saturated heterocycles. The number of allylic oxidation sites excluding steroid dienone is 1. The molecule has 19 heavy (non-hydrogen) atoms. The fourth-order valence-electron chi connectivity index (χ4n) is 2.86. The summed E-state index contributed by atoms with van der Waals surface area (Å²) in [6.45, 7) is 14.7. The van der Waals surface area contributed by atoms with Crippen LogP contribution in [0.25, 0.3) is 0 Å². The lowest BCUT2D eigenvalue weighted by molar-refractivity contribution is -0.123. The minimum atomic E-state index is 0.241. The van der Waals surface area contributed by atoms with Crippen molar-refractivity contribution in [1.82, 2.24) is 10.6 Å². The van der Waals surface area contributed by atoms with Gasteiger partial charge in [0.25, 0.3) is 0 Å². The van der Waals surface area contributed by atoms with Crippen LogP contribution >= 0.6 is 0 Å². The topological polar surface area (TPSA) is 41.1 Å². The molecule has 3 nitrogen and oxygen atoms in total. The van der Waals surface area contributed by atoms with E-state index in [1.165, 1.54) is 18.5 Å². The summed E-state index contributed by atoms with van der Waals surface area (Å²) in [5.41, 5.74) is 1.25. The zero-order valence-electron chi connectivity index (χ0n) is 13.0. The van der Waals surface area contributed by atoms with Crippen molar-refractivity contribution < 1.29 is 4.79 Å². The molecule has 2 aliphatic heterocycles. The van der Waals surface area contributed by atoms with Crippen molar-refractivity contribution >= 4 is 5.91 Å². The first-order chi connectivity index (χ1) is 8.93. The molecule has 0 aromatic heterocycles. The van der Waals surface area contributed by atoms with Crippen molar-refractivity contribution in [2.45, 2.75) is 47.0 Å². The van der Waals surface area contributed by atoms with E-state index in [2.05, 4.69) is 44.9 Å². The fourth-order valence-corrected chi connectivity index (χ4v) is 2.86. The third-order valence-corrected chi connectivity index (χ3v) is 4.19. The Labute approximate surface area is 118 Å². The zero-order chi connectivity index (χ0) is 14.4. The molecule has 2 rings (SSSR count). The van der Waals surface area contributed by atoms with Crippen molar-refractivity contribution in [1.29, 1.82) is 0 Å². The van der Waals surface area contributed by atoms with E-state index in [0.29, 0.717) is 11.8 Å². The molecule has 2 aliphatic rings. The number of carbonyl (C=O) groups is 1. The number of hydrogen-bond acceptors (Lipinski definition) is 2. The Morgan fingerprint density at radius 2 is 1.63 bits per heavy atom. The number of carbonyl (C=O) groups excluding carboxylic acids is 1. The van der Waals surface area contributed by atoms with Gasteiger partial charge in [0.05, 0.1) is 0 Å². The van der Waals surface area contributed by atoms with Gasteiger partial charge in [-0.1, -0.05) is 34.3 Å². The minimum absolute atomic E-state index is 0.241. The van der Waals surface area contributed by atoms with Crippen molar-refractivity contribution in [2.24, 2.45) is 23.7 Å². The van der Waals surface area contributed by atoms with Crippen LogP contribution in [0.15, 0.2) is 12.3 Å². The van der Waals surface area contributed by atoms with Crippen LogP contribution in [0.4, 0.5) is 0 Å². The lowest BCUT2D eigenvalue weighted by Crippen LogP contribution is -2.29. The number of amides is 1. The van der Waals surface area contributed by atoms with Gasteiger partial charge in [0.2, 0.25) is 5.91 Å². The Kier molecular flexibility index (Phi) is 6.40. The molecular weight excluding hydrogens is 236 g/mol. The largest absolute Gasteiger partial charge is 0.389 e. The summed E-state index contributed by atoms with van der Waals surface area (Å²) in [7, 11) is 0. The van der Waals surface area contributed by atoms with E-state index in [4.69, 9.17) is 0 Å². The average Bonchev–Trinajstić information content (AvgIpc) is 2.76. The van der Waals surface area contributed by atoms with E-state index >= 15 is 0 Å². The lowest BCUT2D eigenvalue weighted by Gasteiger charge is -2.28. The first kappa shape index (κ1) is 16.1. The Balaban J connectivity index is 0.000000191. The molecule has 1 amide bonds. The highest BCUT2D eigenvalue weighted by atomic mass is 16.2. The van der Waals surface area contributed by atoms with Crippen LogP contribution in [-0.2, 0) is 4.79 Å². The molecule has 2 fully saturated rings. The van der Waals surface area contributed by atoms with Gasteiger partial charge in [-0.05, 0) is 31.1 Å². The molecular formula is C16H30N2O. The Bertz CT molecular complexity index is 310. The first-order valence-corrected chi connectivity index (χ1v) is 7.63. The molecule has 0 aliphatic carbocycles. The predicted molar refractivity (Wildman–Crippen MR) is 80.7 cm³/mol. The van der Waals surface area contributed by atoms with Gasteiger partial charge in [0, 0.05) is 30.6 Å². The van der Waals surface area contributed by atoms with Gasteiger partial charge in [-0.2, -0.15) is 0 Å². The summed E-state index contributed by atoms with van der Waals surface area (Å²) < 4.78 is 0. The molecule has 3 heteroatoms. The second-order valence-electron chi connectivity index (χ2n) is 6.37. The maximum absolute atomic E-state index is 10.9. The molecule has 2 unspecified atom stereocenters. The molecule has 2 N–H and O–H groups in total. The van der Waals surface area contributed by atoms with Gasteiger partial charge in [-0.25, -0.2) is 0 Å². The molecule has 0 bridgehead atoms. The van der Waals surface area contributed by atoms with Crippen LogP contribution < -0.4 is 10.6 Å². The highest BCUT2D eigenvalue weighted by Gasteiger charge is 2.26. The van der Waals surface area contributed by atoms with Crippen LogP contribution in [0.3, 0.4) is 0 Å². The zero-order valence-corrected chi connectivity index (χ0v) is 13.0. The summed E-state index contributed by atoms with van der Waals surface area (Å²) in [4.78, 5) is 10.9. The molecule has 0 aromatic rings. The van der Waals surface area contributed by atoms with Crippen molar-refractivity contribution in [2.75, 3.05) is 13.1 Å². The summed E-state index contributed by atoms with van der Waals surface area (Å²) in [6.07, 6.45) is 3.65. The van der Waals surface area contributed by atoms with E-state index < -0.39 is 0 Å². The minimum Gasteiger partial charge on any atom is -0.389 e. The van der Waals surface area contributed by atoms with Crippen LogP contribution in [0.5, 0.6) is 0 Å². The van der Waals surface area contributed by atoms with Crippen molar-refractivity contribution in [3.63, 3.8) is 0 Å². The van der Waals surface area contributed by atoms with Crippen molar-refractivity contribution in [3.05, 3.63) is 12.3 Å². The number of rotatable bonds is 2. The third-order valence-electron chi connectivity index (χ3n) is 4.19. The van der Waals surface area contributed by atoms with Gasteiger partial charge in [0.1, 0.15) is 0 Å². The van der Waals surface area contributed by atoms with Crippen LogP contribution in [0.1, 0.15) is 47.0 Å². The SMILES string of the molecule is C=C1NCCCC1C(C)C.CC(C)C1CCNC1=O. The predicted octanol–water partition coefficient (Wildman–Crippen LogP) is 2.93. The van der Waals surface area contributed by atoms with Gasteiger partial charge in [-0.3, -0.25) is 4.79 Å². The molecule has 110 valence electrons. The standard InChI is InChI=1S/C9H17N.C7H13NO/c1-7(2)9-5-4-6-10-8(9)3;1-5(2)6-3-4-8-7(6)9/h7,9-10H,3-6H2,1-2H3;5-6H,3-4H2,1-2H3,(H,8,9). The summed E-state index contributed by atoms with van der Waals surface area (Å²) in [6, 6.07) is 0. The molecule has 0 saturated carbocycles. The maximum atomic E-state index is 10.9. The maximum Gasteiger partial charge on any atom is 0.223 e. The summed E-state index contributed by atoms with van der Waals surface area (Å²) in [5, 5.41) is 6.13. The molecule has 0 aromatic carbocycles. The third kappa shape index (κ3) is 4.88. The Morgan fingerprint density at radius 1 is 1.00 bits per heavy atom. The van der Waals surface area contributed by atoms with E-state index in [9.17, 15) is 4.79 Å². The van der Waals surface area contributed by atoms with Crippen molar-refractivity contribution in [3.8, 4) is 0 Å². The highest BCUT2D eigenvalue weighted by molar-refractivity contribution is 5.80. The Hall–Kier alpha value is -0.990. The fraction of sp³-hybridized carbons (Fsp3) is 0.812. The number of piperidine rings is 1. The normalized spacial score (nSPS) is 26.8. The number of hydrogen-bond donors (Lipinski definition) is 2. The second kappa shape index (κ2) is 7.56. The monoisotopic (exact) mass is 266 g/mol. The van der Waals surface area contributed by atoms with E-state index in [0.717, 1.165) is 25.4 Å². The summed E-state index contributed by atoms with van der Waals surface area (Å²) in [5.74, 6) is 2.50. The van der Waals surface area contributed by atoms with Gasteiger partial charge in [0.15, 0.2) is 0 Å². The van der Waals surface area contributed by atoms with Gasteiger partial charge < -0.3 is 10.6 Å². The molecule has 0 spiro atoms. The highest BCUT2D eigenvalue weighted by Crippen LogP contribution is 2.25. The second-order valence-corrected chi connectivity index (χ2v) is 6.37. The van der Waals surface area contributed by atoms with Crippen LogP contribution in [0.2, 0.25) is 0 Å². The lowest BCUT2D eigenvalue weighted by atomic mass is 9.86. The van der Waals surface area contributed by atoms with Gasteiger partial charge in [-0.15, -0.1) is 0 Å². The molecule has 2 heterocycles. The molecule has 0 radical (unpaired) electrons. The van der Waals surface area contributed by atoms with Crippen LogP contribution in [0, 0.1) is 23.7 Å². The molecule has 2 atom stereocenters.